The second-order valence-corrected chi connectivity index (χ2v) is 3.73. The molecular formula is C11H20N2O. The number of hydrogen-bond acceptors (Lipinski definition) is 3. The molecular weight excluding hydrogens is 176 g/mol. The standard InChI is InChI=1S/C11H20N2O/c1-4-6-13(5-2)9-10-7-11(14-3)8-12-10/h1,10-12H,5-9H2,2-3H3. The lowest BCUT2D eigenvalue weighted by Gasteiger charge is -2.21. The summed E-state index contributed by atoms with van der Waals surface area (Å²) in [5.41, 5.74) is 0. The van der Waals surface area contributed by atoms with Crippen molar-refractivity contribution in [2.45, 2.75) is 25.5 Å². The number of likely N-dealkylation sites (N-methyl/N-ethyl adjacent to an activating group) is 1. The number of nitrogens with zero attached hydrogens (tertiary/aromatic N) is 1. The first-order valence-corrected chi connectivity index (χ1v) is 5.22. The van der Waals surface area contributed by atoms with E-state index in [2.05, 4.69) is 23.1 Å². The lowest BCUT2D eigenvalue weighted by Crippen LogP contribution is -2.37. The minimum Gasteiger partial charge on any atom is -0.380 e. The summed E-state index contributed by atoms with van der Waals surface area (Å²) in [6.45, 7) is 5.89. The van der Waals surface area contributed by atoms with E-state index in [1.54, 1.807) is 7.11 Å². The Morgan fingerprint density at radius 3 is 2.93 bits per heavy atom. The van der Waals surface area contributed by atoms with E-state index in [-0.39, 0.29) is 0 Å². The van der Waals surface area contributed by atoms with Crippen molar-refractivity contribution in [1.29, 1.82) is 0 Å². The van der Waals surface area contributed by atoms with Crippen molar-refractivity contribution < 1.29 is 4.74 Å². The molecule has 0 bridgehead atoms. The Morgan fingerprint density at radius 1 is 1.64 bits per heavy atom. The minimum atomic E-state index is 0.379. The SMILES string of the molecule is C#CCN(CC)CC1CC(OC)CN1. The van der Waals surface area contributed by atoms with Gasteiger partial charge in [-0.05, 0) is 13.0 Å². The molecule has 0 radical (unpaired) electrons. The molecule has 1 heterocycles. The Balaban J connectivity index is 2.27. The first-order chi connectivity index (χ1) is 6.80. The number of rotatable bonds is 5. The predicted octanol–water partition coefficient (Wildman–Crippen LogP) is 0.318. The molecule has 0 aromatic carbocycles. The van der Waals surface area contributed by atoms with Crippen LogP contribution in [0.2, 0.25) is 0 Å². The van der Waals surface area contributed by atoms with Crippen molar-refractivity contribution in [2.75, 3.05) is 33.3 Å². The zero-order valence-corrected chi connectivity index (χ0v) is 9.12. The number of hydrogen-bond donors (Lipinski definition) is 1. The highest BCUT2D eigenvalue weighted by Gasteiger charge is 2.24. The minimum absolute atomic E-state index is 0.379. The maximum atomic E-state index is 5.30. The predicted molar refractivity (Wildman–Crippen MR) is 58.2 cm³/mol. The van der Waals surface area contributed by atoms with E-state index in [1.165, 1.54) is 0 Å². The van der Waals surface area contributed by atoms with Crippen molar-refractivity contribution in [3.63, 3.8) is 0 Å². The third-order valence-electron chi connectivity index (χ3n) is 2.76. The molecule has 0 amide bonds. The second kappa shape index (κ2) is 6.02. The largest absolute Gasteiger partial charge is 0.380 e. The summed E-state index contributed by atoms with van der Waals surface area (Å²) in [5.74, 6) is 2.68. The number of methoxy groups -OCH3 is 1. The molecule has 80 valence electrons. The molecule has 0 aliphatic carbocycles. The molecule has 2 unspecified atom stereocenters. The summed E-state index contributed by atoms with van der Waals surface area (Å²) >= 11 is 0. The van der Waals surface area contributed by atoms with Gasteiger partial charge in [-0.3, -0.25) is 4.90 Å². The molecule has 0 aromatic rings. The monoisotopic (exact) mass is 196 g/mol. The maximum absolute atomic E-state index is 5.30. The Labute approximate surface area is 86.8 Å². The number of ether oxygens (including phenoxy) is 1. The van der Waals surface area contributed by atoms with Crippen LogP contribution in [0.4, 0.5) is 0 Å². The van der Waals surface area contributed by atoms with Crippen LogP contribution < -0.4 is 5.32 Å². The Kier molecular flexibility index (Phi) is 4.95. The van der Waals surface area contributed by atoms with Crippen LogP contribution in [-0.4, -0.2) is 50.3 Å². The van der Waals surface area contributed by atoms with Crippen LogP contribution in [0.1, 0.15) is 13.3 Å². The molecule has 0 saturated carbocycles. The molecule has 1 fully saturated rings. The number of terminal acetylenes is 1. The smallest absolute Gasteiger partial charge is 0.0711 e. The van der Waals surface area contributed by atoms with E-state index < -0.39 is 0 Å². The maximum Gasteiger partial charge on any atom is 0.0711 e. The molecule has 1 aliphatic rings. The Bertz CT molecular complexity index is 200. The zero-order chi connectivity index (χ0) is 10.4. The molecule has 1 rings (SSSR count). The van der Waals surface area contributed by atoms with Crippen LogP contribution in [0.15, 0.2) is 0 Å². The van der Waals surface area contributed by atoms with E-state index in [0.717, 1.165) is 32.6 Å². The molecule has 0 spiro atoms. The van der Waals surface area contributed by atoms with Gasteiger partial charge in [0.1, 0.15) is 0 Å². The first kappa shape index (κ1) is 11.5. The van der Waals surface area contributed by atoms with Gasteiger partial charge in [0.25, 0.3) is 0 Å². The van der Waals surface area contributed by atoms with Crippen LogP contribution in [0.5, 0.6) is 0 Å². The second-order valence-electron chi connectivity index (χ2n) is 3.73. The van der Waals surface area contributed by atoms with Gasteiger partial charge in [-0.25, -0.2) is 0 Å². The molecule has 1 N–H and O–H groups in total. The summed E-state index contributed by atoms with van der Waals surface area (Å²) in [7, 11) is 1.77. The molecule has 1 saturated heterocycles. The first-order valence-electron chi connectivity index (χ1n) is 5.22. The summed E-state index contributed by atoms with van der Waals surface area (Å²) in [5, 5.41) is 3.45. The van der Waals surface area contributed by atoms with Gasteiger partial charge >= 0.3 is 0 Å². The highest BCUT2D eigenvalue weighted by atomic mass is 16.5. The van der Waals surface area contributed by atoms with Gasteiger partial charge in [-0.2, -0.15) is 0 Å². The fraction of sp³-hybridized carbons (Fsp3) is 0.818. The van der Waals surface area contributed by atoms with Gasteiger partial charge in [-0.1, -0.05) is 12.8 Å². The molecule has 3 heteroatoms. The summed E-state index contributed by atoms with van der Waals surface area (Å²) in [4.78, 5) is 2.27. The third kappa shape index (κ3) is 3.30. The van der Waals surface area contributed by atoms with E-state index in [9.17, 15) is 0 Å². The van der Waals surface area contributed by atoms with Crippen LogP contribution in [0, 0.1) is 12.3 Å². The Morgan fingerprint density at radius 2 is 2.43 bits per heavy atom. The quantitative estimate of drug-likeness (QED) is 0.641. The fourth-order valence-electron chi connectivity index (χ4n) is 1.85. The normalized spacial score (nSPS) is 26.7. The fourth-order valence-corrected chi connectivity index (χ4v) is 1.85. The summed E-state index contributed by atoms with van der Waals surface area (Å²) in [6, 6.07) is 0.535. The average molecular weight is 196 g/mol. The zero-order valence-electron chi connectivity index (χ0n) is 9.12. The lowest BCUT2D eigenvalue weighted by molar-refractivity contribution is 0.116. The van der Waals surface area contributed by atoms with Crippen molar-refractivity contribution in [3.8, 4) is 12.3 Å². The van der Waals surface area contributed by atoms with Crippen LogP contribution >= 0.6 is 0 Å². The molecule has 1 aliphatic heterocycles. The van der Waals surface area contributed by atoms with E-state index >= 15 is 0 Å². The molecule has 3 nitrogen and oxygen atoms in total. The van der Waals surface area contributed by atoms with Gasteiger partial charge in [0.05, 0.1) is 12.6 Å². The highest BCUT2D eigenvalue weighted by molar-refractivity contribution is 4.91. The summed E-state index contributed by atoms with van der Waals surface area (Å²) in [6.07, 6.45) is 6.77. The van der Waals surface area contributed by atoms with Crippen molar-refractivity contribution >= 4 is 0 Å². The Hall–Kier alpha value is -0.560. The third-order valence-corrected chi connectivity index (χ3v) is 2.76. The highest BCUT2D eigenvalue weighted by Crippen LogP contribution is 2.10. The topological polar surface area (TPSA) is 24.5 Å². The molecule has 0 aromatic heterocycles. The van der Waals surface area contributed by atoms with Crippen LogP contribution in [0.3, 0.4) is 0 Å². The van der Waals surface area contributed by atoms with Gasteiger partial charge in [0.15, 0.2) is 0 Å². The van der Waals surface area contributed by atoms with Crippen molar-refractivity contribution in [1.82, 2.24) is 10.2 Å². The van der Waals surface area contributed by atoms with Gasteiger partial charge in [0.2, 0.25) is 0 Å². The van der Waals surface area contributed by atoms with Gasteiger partial charge < -0.3 is 10.1 Å². The van der Waals surface area contributed by atoms with Crippen LogP contribution in [-0.2, 0) is 4.74 Å². The van der Waals surface area contributed by atoms with E-state index in [0.29, 0.717) is 12.1 Å². The lowest BCUT2D eigenvalue weighted by atomic mass is 10.2. The van der Waals surface area contributed by atoms with Crippen molar-refractivity contribution in [2.24, 2.45) is 0 Å². The van der Waals surface area contributed by atoms with Gasteiger partial charge in [0, 0.05) is 26.2 Å². The van der Waals surface area contributed by atoms with E-state index in [1.807, 2.05) is 0 Å². The number of nitrogens with one attached hydrogen (secondary N) is 1. The molecule has 2 atom stereocenters. The van der Waals surface area contributed by atoms with Crippen molar-refractivity contribution in [3.05, 3.63) is 0 Å². The molecule has 14 heavy (non-hydrogen) atoms. The average Bonchev–Trinajstić information content (AvgIpc) is 2.65. The van der Waals surface area contributed by atoms with Gasteiger partial charge in [-0.15, -0.1) is 6.42 Å². The summed E-state index contributed by atoms with van der Waals surface area (Å²) < 4.78 is 5.30. The van der Waals surface area contributed by atoms with E-state index in [4.69, 9.17) is 11.2 Å². The van der Waals surface area contributed by atoms with Crippen LogP contribution in [0.25, 0.3) is 0 Å².